The topological polar surface area (TPSA) is 50.1 Å². The van der Waals surface area contributed by atoms with Crippen molar-refractivity contribution in [3.8, 4) is 0 Å². The van der Waals surface area contributed by atoms with Gasteiger partial charge in [-0.2, -0.15) is 5.10 Å². The van der Waals surface area contributed by atoms with Gasteiger partial charge < -0.3 is 10.4 Å². The monoisotopic (exact) mass is 205 g/mol. The molecule has 80 valence electrons. The second-order valence-electron chi connectivity index (χ2n) is 2.86. The summed E-state index contributed by atoms with van der Waals surface area (Å²) in [6, 6.07) is 0. The van der Waals surface area contributed by atoms with Gasteiger partial charge in [0.2, 0.25) is 0 Å². The van der Waals surface area contributed by atoms with Crippen LogP contribution in [0.25, 0.3) is 0 Å². The van der Waals surface area contributed by atoms with Crippen LogP contribution < -0.4 is 5.32 Å². The Labute approximate surface area is 80.5 Å². The molecule has 0 amide bonds. The van der Waals surface area contributed by atoms with Gasteiger partial charge in [0, 0.05) is 18.3 Å². The van der Waals surface area contributed by atoms with Gasteiger partial charge in [-0.05, 0) is 0 Å². The third kappa shape index (κ3) is 3.80. The molecule has 6 heteroatoms. The van der Waals surface area contributed by atoms with E-state index in [-0.39, 0.29) is 13.2 Å². The molecule has 0 spiro atoms. The van der Waals surface area contributed by atoms with Gasteiger partial charge in [-0.25, -0.2) is 8.78 Å². The van der Waals surface area contributed by atoms with E-state index in [1.807, 2.05) is 0 Å². The molecule has 0 unspecified atom stereocenters. The number of hydrogen-bond donors (Lipinski definition) is 2. The van der Waals surface area contributed by atoms with Crippen LogP contribution in [0.1, 0.15) is 5.56 Å². The summed E-state index contributed by atoms with van der Waals surface area (Å²) in [6.45, 7) is 0.501. The number of aliphatic hydroxyl groups is 1. The molecule has 0 aliphatic carbocycles. The van der Waals surface area contributed by atoms with Gasteiger partial charge in [-0.1, -0.05) is 0 Å². The number of hydrogen-bond acceptors (Lipinski definition) is 3. The Hall–Kier alpha value is -1.01. The maximum atomic E-state index is 11.7. The highest BCUT2D eigenvalue weighted by Gasteiger charge is 2.02. The summed E-state index contributed by atoms with van der Waals surface area (Å²) in [5.74, 6) is 0. The van der Waals surface area contributed by atoms with Crippen LogP contribution >= 0.6 is 0 Å². The minimum atomic E-state index is -2.33. The average molecular weight is 205 g/mol. The van der Waals surface area contributed by atoms with Gasteiger partial charge in [0.05, 0.1) is 25.9 Å². The number of aromatic nitrogens is 2. The Morgan fingerprint density at radius 1 is 1.57 bits per heavy atom. The molecule has 0 radical (unpaired) electrons. The lowest BCUT2D eigenvalue weighted by Gasteiger charge is -2.00. The van der Waals surface area contributed by atoms with Crippen molar-refractivity contribution in [2.75, 3.05) is 13.2 Å². The van der Waals surface area contributed by atoms with Gasteiger partial charge in [0.1, 0.15) is 0 Å². The summed E-state index contributed by atoms with van der Waals surface area (Å²) in [6.07, 6.45) is 0.977. The van der Waals surface area contributed by atoms with Crippen molar-refractivity contribution in [1.82, 2.24) is 15.1 Å². The van der Waals surface area contributed by atoms with Crippen LogP contribution in [-0.2, 0) is 13.1 Å². The van der Waals surface area contributed by atoms with E-state index >= 15 is 0 Å². The summed E-state index contributed by atoms with van der Waals surface area (Å²) in [5.41, 5.74) is 0.833. The molecule has 1 aromatic heterocycles. The number of rotatable bonds is 6. The highest BCUT2D eigenvalue weighted by Crippen LogP contribution is 1.97. The van der Waals surface area contributed by atoms with Gasteiger partial charge in [-0.3, -0.25) is 4.68 Å². The van der Waals surface area contributed by atoms with Crippen molar-refractivity contribution in [3.63, 3.8) is 0 Å². The molecule has 0 saturated heterocycles. The number of aliphatic hydroxyl groups excluding tert-OH is 1. The fourth-order valence-electron chi connectivity index (χ4n) is 1.05. The van der Waals surface area contributed by atoms with E-state index in [4.69, 9.17) is 5.11 Å². The number of nitrogens with one attached hydrogen (secondary N) is 1. The molecule has 0 bridgehead atoms. The molecular weight excluding hydrogens is 192 g/mol. The predicted octanol–water partition coefficient (Wildman–Crippen LogP) is 0.230. The number of halogens is 2. The maximum absolute atomic E-state index is 11.7. The minimum Gasteiger partial charge on any atom is -0.394 e. The van der Waals surface area contributed by atoms with Crippen molar-refractivity contribution >= 4 is 0 Å². The fraction of sp³-hybridized carbons (Fsp3) is 0.625. The highest BCUT2D eigenvalue weighted by molar-refractivity contribution is 5.03. The van der Waals surface area contributed by atoms with Crippen molar-refractivity contribution in [1.29, 1.82) is 0 Å². The second-order valence-corrected chi connectivity index (χ2v) is 2.86. The summed E-state index contributed by atoms with van der Waals surface area (Å²) in [7, 11) is 0. The Kier molecular flexibility index (Phi) is 4.48. The van der Waals surface area contributed by atoms with E-state index < -0.39 is 6.43 Å². The van der Waals surface area contributed by atoms with Crippen molar-refractivity contribution in [2.24, 2.45) is 0 Å². The van der Waals surface area contributed by atoms with Crippen LogP contribution in [-0.4, -0.2) is 34.5 Å². The first kappa shape index (κ1) is 11.1. The Morgan fingerprint density at radius 3 is 3.00 bits per heavy atom. The molecular formula is C8H13F2N3O. The maximum Gasteiger partial charge on any atom is 0.250 e. The van der Waals surface area contributed by atoms with Crippen molar-refractivity contribution in [3.05, 3.63) is 18.0 Å². The first-order valence-electron chi connectivity index (χ1n) is 4.33. The fourth-order valence-corrected chi connectivity index (χ4v) is 1.05. The van der Waals surface area contributed by atoms with Crippen LogP contribution in [0, 0.1) is 0 Å². The Morgan fingerprint density at radius 2 is 2.36 bits per heavy atom. The number of alkyl halides is 2. The molecule has 0 aromatic carbocycles. The quantitative estimate of drug-likeness (QED) is 0.699. The SMILES string of the molecule is OCCn1cc(CNCC(F)F)cn1. The minimum absolute atomic E-state index is 0.0194. The lowest BCUT2D eigenvalue weighted by Crippen LogP contribution is -2.20. The predicted molar refractivity (Wildman–Crippen MR) is 47.0 cm³/mol. The van der Waals surface area contributed by atoms with Crippen LogP contribution in [0.2, 0.25) is 0 Å². The molecule has 1 rings (SSSR count). The standard InChI is InChI=1S/C8H13F2N3O/c9-8(10)5-11-3-7-4-12-13(6-7)1-2-14/h4,6,8,11,14H,1-3,5H2. The van der Waals surface area contributed by atoms with E-state index in [0.717, 1.165) is 5.56 Å². The normalized spacial score (nSPS) is 11.1. The Balaban J connectivity index is 2.28. The van der Waals surface area contributed by atoms with Crippen LogP contribution in [0.5, 0.6) is 0 Å². The first-order valence-corrected chi connectivity index (χ1v) is 4.33. The lowest BCUT2D eigenvalue weighted by molar-refractivity contribution is 0.145. The van der Waals surface area contributed by atoms with E-state index in [1.54, 1.807) is 17.1 Å². The first-order chi connectivity index (χ1) is 6.72. The average Bonchev–Trinajstić information content (AvgIpc) is 2.53. The van der Waals surface area contributed by atoms with Gasteiger partial charge in [0.25, 0.3) is 6.43 Å². The van der Waals surface area contributed by atoms with Crippen LogP contribution in [0.3, 0.4) is 0 Å². The van der Waals surface area contributed by atoms with E-state index in [1.165, 1.54) is 0 Å². The molecule has 0 fully saturated rings. The van der Waals surface area contributed by atoms with Crippen LogP contribution in [0.4, 0.5) is 8.78 Å². The molecule has 1 heterocycles. The Bertz CT molecular complexity index is 265. The molecule has 0 atom stereocenters. The highest BCUT2D eigenvalue weighted by atomic mass is 19.3. The van der Waals surface area contributed by atoms with Crippen LogP contribution in [0.15, 0.2) is 12.4 Å². The number of nitrogens with zero attached hydrogens (tertiary/aromatic N) is 2. The van der Waals surface area contributed by atoms with Gasteiger partial charge >= 0.3 is 0 Å². The summed E-state index contributed by atoms with van der Waals surface area (Å²) < 4.78 is 25.1. The summed E-state index contributed by atoms with van der Waals surface area (Å²) in [4.78, 5) is 0. The lowest BCUT2D eigenvalue weighted by atomic mass is 10.3. The zero-order valence-corrected chi connectivity index (χ0v) is 7.66. The molecule has 0 aliphatic rings. The third-order valence-electron chi connectivity index (χ3n) is 1.64. The largest absolute Gasteiger partial charge is 0.394 e. The van der Waals surface area contributed by atoms with Gasteiger partial charge in [-0.15, -0.1) is 0 Å². The molecule has 4 nitrogen and oxygen atoms in total. The van der Waals surface area contributed by atoms with E-state index in [0.29, 0.717) is 13.1 Å². The van der Waals surface area contributed by atoms with Crippen molar-refractivity contribution in [2.45, 2.75) is 19.5 Å². The molecule has 2 N–H and O–H groups in total. The van der Waals surface area contributed by atoms with E-state index in [2.05, 4.69) is 10.4 Å². The molecule has 1 aromatic rings. The summed E-state index contributed by atoms with van der Waals surface area (Å²) >= 11 is 0. The molecule has 0 aliphatic heterocycles. The molecule has 14 heavy (non-hydrogen) atoms. The second kappa shape index (κ2) is 5.66. The molecule has 0 saturated carbocycles. The zero-order chi connectivity index (χ0) is 10.4. The van der Waals surface area contributed by atoms with Crippen molar-refractivity contribution < 1.29 is 13.9 Å². The summed E-state index contributed by atoms with van der Waals surface area (Å²) in [5, 5.41) is 15.1. The third-order valence-corrected chi connectivity index (χ3v) is 1.64. The smallest absolute Gasteiger partial charge is 0.250 e. The van der Waals surface area contributed by atoms with Gasteiger partial charge in [0.15, 0.2) is 0 Å². The zero-order valence-electron chi connectivity index (χ0n) is 7.66. The van der Waals surface area contributed by atoms with E-state index in [9.17, 15) is 8.78 Å².